The Labute approximate surface area is 191 Å². The van der Waals surface area contributed by atoms with Crippen LogP contribution >= 0.6 is 0 Å². The maximum atomic E-state index is 13.0. The third-order valence-corrected chi connectivity index (χ3v) is 7.31. The average molecular weight is 443 g/mol. The summed E-state index contributed by atoms with van der Waals surface area (Å²) in [4.78, 5) is 22.3. The van der Waals surface area contributed by atoms with Gasteiger partial charge in [0.25, 0.3) is 6.01 Å². The number of oxazole rings is 1. The molecule has 0 bridgehead atoms. The lowest BCUT2D eigenvalue weighted by atomic mass is 9.82. The van der Waals surface area contributed by atoms with E-state index in [0.717, 1.165) is 43.6 Å². The number of nitrogens with zero attached hydrogens (tertiary/aromatic N) is 3. The van der Waals surface area contributed by atoms with Gasteiger partial charge in [-0.3, -0.25) is 9.69 Å². The molecule has 1 unspecified atom stereocenters. The van der Waals surface area contributed by atoms with E-state index in [2.05, 4.69) is 18.7 Å². The molecule has 0 saturated carbocycles. The number of anilines is 1. The summed E-state index contributed by atoms with van der Waals surface area (Å²) in [6, 6.07) is 7.24. The molecule has 3 atom stereocenters. The topological polar surface area (TPSA) is 84.8 Å². The molecule has 0 radical (unpaired) electrons. The van der Waals surface area contributed by atoms with E-state index < -0.39 is 5.54 Å². The predicted molar refractivity (Wildman–Crippen MR) is 127 cm³/mol. The van der Waals surface area contributed by atoms with Gasteiger partial charge in [0.05, 0.1) is 6.10 Å². The van der Waals surface area contributed by atoms with E-state index in [4.69, 9.17) is 19.9 Å². The highest BCUT2D eigenvalue weighted by Crippen LogP contribution is 2.38. The van der Waals surface area contributed by atoms with Gasteiger partial charge < -0.3 is 19.8 Å². The van der Waals surface area contributed by atoms with Gasteiger partial charge in [0.1, 0.15) is 16.8 Å². The van der Waals surface area contributed by atoms with Crippen LogP contribution in [0.3, 0.4) is 0 Å². The normalized spacial score (nSPS) is 27.2. The van der Waals surface area contributed by atoms with Crippen LogP contribution in [0.25, 0.3) is 11.1 Å². The minimum atomic E-state index is -0.771. The van der Waals surface area contributed by atoms with Crippen LogP contribution in [0.15, 0.2) is 22.6 Å². The van der Waals surface area contributed by atoms with Gasteiger partial charge in [0.2, 0.25) is 5.91 Å². The molecule has 2 aromatic rings. The number of carbonyl (C=O) groups excluding carboxylic acids is 1. The van der Waals surface area contributed by atoms with Crippen LogP contribution in [0.2, 0.25) is 0 Å². The molecule has 2 aliphatic heterocycles. The minimum Gasteiger partial charge on any atom is -0.491 e. The van der Waals surface area contributed by atoms with Gasteiger partial charge in [-0.1, -0.05) is 6.42 Å². The monoisotopic (exact) mass is 442 g/mol. The van der Waals surface area contributed by atoms with Crippen LogP contribution in [0, 0.1) is 0 Å². The Morgan fingerprint density at radius 2 is 2.00 bits per heavy atom. The van der Waals surface area contributed by atoms with Crippen LogP contribution in [-0.4, -0.2) is 52.6 Å². The van der Waals surface area contributed by atoms with Crippen LogP contribution < -0.4 is 15.4 Å². The summed E-state index contributed by atoms with van der Waals surface area (Å²) < 4.78 is 12.0. The van der Waals surface area contributed by atoms with Gasteiger partial charge in [-0.05, 0) is 78.4 Å². The number of carbonyl (C=O) groups is 1. The summed E-state index contributed by atoms with van der Waals surface area (Å²) in [6.45, 7) is 10.2. The number of likely N-dealkylation sites (tertiary alicyclic amines) is 1. The molecule has 7 heteroatoms. The zero-order chi connectivity index (χ0) is 22.9. The highest BCUT2D eigenvalue weighted by Gasteiger charge is 2.46. The third kappa shape index (κ3) is 4.45. The number of aromatic nitrogens is 1. The number of benzene rings is 1. The second-order valence-electron chi connectivity index (χ2n) is 9.91. The van der Waals surface area contributed by atoms with E-state index in [0.29, 0.717) is 30.1 Å². The number of ether oxygens (including phenoxy) is 1. The van der Waals surface area contributed by atoms with Gasteiger partial charge in [-0.2, -0.15) is 4.98 Å². The van der Waals surface area contributed by atoms with Crippen molar-refractivity contribution in [2.75, 3.05) is 18.0 Å². The number of fused-ring (bicyclic) bond motifs is 1. The Kier molecular flexibility index (Phi) is 6.65. The molecule has 1 aromatic heterocycles. The van der Waals surface area contributed by atoms with E-state index in [1.807, 2.05) is 36.9 Å². The molecule has 2 aliphatic rings. The van der Waals surface area contributed by atoms with Gasteiger partial charge in [-0.25, -0.2) is 0 Å². The summed E-state index contributed by atoms with van der Waals surface area (Å²) in [5.41, 5.74) is 6.76. The molecule has 176 valence electrons. The molecule has 0 spiro atoms. The molecule has 7 nitrogen and oxygen atoms in total. The number of hydrogen-bond donors (Lipinski definition) is 1. The molecule has 0 aliphatic carbocycles. The molecule has 4 rings (SSSR count). The van der Waals surface area contributed by atoms with Crippen LogP contribution in [0.1, 0.15) is 72.6 Å². The lowest BCUT2D eigenvalue weighted by Gasteiger charge is -2.46. The number of rotatable bonds is 7. The average Bonchev–Trinajstić information content (AvgIpc) is 3.16. The molecule has 2 saturated heterocycles. The zero-order valence-electron chi connectivity index (χ0n) is 20.0. The molecule has 32 heavy (non-hydrogen) atoms. The maximum absolute atomic E-state index is 13.0. The van der Waals surface area contributed by atoms with E-state index in [1.165, 1.54) is 19.3 Å². The van der Waals surface area contributed by atoms with E-state index >= 15 is 0 Å². The zero-order valence-corrected chi connectivity index (χ0v) is 20.0. The van der Waals surface area contributed by atoms with Crippen molar-refractivity contribution in [1.82, 2.24) is 9.88 Å². The van der Waals surface area contributed by atoms with Gasteiger partial charge in [0, 0.05) is 31.2 Å². The highest BCUT2D eigenvalue weighted by atomic mass is 16.5. The van der Waals surface area contributed by atoms with Gasteiger partial charge in [-0.15, -0.1) is 0 Å². The standard InChI is InChI=1S/C25H38N4O3/c1-17(2)31-20-10-11-21-22(16-20)32-24(27-21)29-14-6-5-12-25(29,23(26)30)13-15-28-18(3)8-7-9-19(28)4/h10-11,16-19H,5-9,12-15H2,1-4H3,(H2,26,30)/t18-,19+,25?. The summed E-state index contributed by atoms with van der Waals surface area (Å²) in [5.74, 6) is 0.476. The van der Waals surface area contributed by atoms with Gasteiger partial charge >= 0.3 is 0 Å². The minimum absolute atomic E-state index is 0.0824. The van der Waals surface area contributed by atoms with Crippen molar-refractivity contribution in [1.29, 1.82) is 0 Å². The molecule has 3 heterocycles. The van der Waals surface area contributed by atoms with E-state index in [1.54, 1.807) is 0 Å². The first-order valence-electron chi connectivity index (χ1n) is 12.2. The first kappa shape index (κ1) is 22.9. The Morgan fingerprint density at radius 3 is 2.69 bits per heavy atom. The molecule has 2 N–H and O–H groups in total. The van der Waals surface area contributed by atoms with E-state index in [-0.39, 0.29) is 12.0 Å². The fourth-order valence-corrected chi connectivity index (χ4v) is 5.54. The number of nitrogens with two attached hydrogens (primary N) is 1. The Hall–Kier alpha value is -2.28. The quantitative estimate of drug-likeness (QED) is 0.680. The summed E-state index contributed by atoms with van der Waals surface area (Å²) in [7, 11) is 0. The number of amides is 1. The fraction of sp³-hybridized carbons (Fsp3) is 0.680. The maximum Gasteiger partial charge on any atom is 0.299 e. The lowest BCUT2D eigenvalue weighted by Crippen LogP contribution is -2.62. The lowest BCUT2D eigenvalue weighted by molar-refractivity contribution is -0.124. The van der Waals surface area contributed by atoms with Crippen LogP contribution in [0.5, 0.6) is 5.75 Å². The van der Waals surface area contributed by atoms with Crippen LogP contribution in [-0.2, 0) is 4.79 Å². The first-order chi connectivity index (χ1) is 15.3. The molecule has 1 aromatic carbocycles. The second kappa shape index (κ2) is 9.30. The van der Waals surface area contributed by atoms with Crippen molar-refractivity contribution in [3.05, 3.63) is 18.2 Å². The largest absolute Gasteiger partial charge is 0.491 e. The fourth-order valence-electron chi connectivity index (χ4n) is 5.54. The first-order valence-corrected chi connectivity index (χ1v) is 12.2. The Morgan fingerprint density at radius 1 is 1.25 bits per heavy atom. The second-order valence-corrected chi connectivity index (χ2v) is 9.91. The third-order valence-electron chi connectivity index (χ3n) is 7.31. The highest BCUT2D eigenvalue weighted by molar-refractivity contribution is 5.89. The molecule has 2 fully saturated rings. The number of primary amides is 1. The Bertz CT molecular complexity index is 932. The molecular weight excluding hydrogens is 404 g/mol. The van der Waals surface area contributed by atoms with Crippen molar-refractivity contribution >= 4 is 23.0 Å². The number of piperidine rings is 2. The summed E-state index contributed by atoms with van der Waals surface area (Å²) in [6.07, 6.45) is 7.18. The van der Waals surface area contributed by atoms with Crippen molar-refractivity contribution in [2.45, 2.75) is 96.4 Å². The van der Waals surface area contributed by atoms with Crippen molar-refractivity contribution in [3.8, 4) is 5.75 Å². The SMILES string of the molecule is CC(C)Oc1ccc2nc(N3CCCCC3(CCN3[C@H](C)CCC[C@@H]3C)C(N)=O)oc2c1. The van der Waals surface area contributed by atoms with E-state index in [9.17, 15) is 4.79 Å². The summed E-state index contributed by atoms with van der Waals surface area (Å²) in [5, 5.41) is 0. The van der Waals surface area contributed by atoms with Gasteiger partial charge in [0.15, 0.2) is 5.58 Å². The number of hydrogen-bond acceptors (Lipinski definition) is 6. The molecular formula is C25H38N4O3. The van der Waals surface area contributed by atoms with Crippen molar-refractivity contribution in [3.63, 3.8) is 0 Å². The Balaban J connectivity index is 1.62. The molecule has 1 amide bonds. The van der Waals surface area contributed by atoms with Crippen LogP contribution in [0.4, 0.5) is 6.01 Å². The predicted octanol–water partition coefficient (Wildman–Crippen LogP) is 4.48. The smallest absolute Gasteiger partial charge is 0.299 e. The van der Waals surface area contributed by atoms with Crippen molar-refractivity contribution in [2.24, 2.45) is 5.73 Å². The summed E-state index contributed by atoms with van der Waals surface area (Å²) >= 11 is 0. The van der Waals surface area contributed by atoms with Crippen molar-refractivity contribution < 1.29 is 13.9 Å².